The third kappa shape index (κ3) is 4.08. The van der Waals surface area contributed by atoms with E-state index >= 15 is 0 Å². The lowest BCUT2D eigenvalue weighted by Gasteiger charge is -2.31. The molecule has 2 aromatic heterocycles. The number of hydrogen-bond donors (Lipinski definition) is 0. The van der Waals surface area contributed by atoms with Gasteiger partial charge in [0.15, 0.2) is 0 Å². The molecule has 0 saturated heterocycles. The smallest absolute Gasteiger partial charge is 0.0789 e. The van der Waals surface area contributed by atoms with Crippen molar-refractivity contribution in [1.82, 2.24) is 9.13 Å². The maximum Gasteiger partial charge on any atom is 0.0789 e. The standard InChI is InChI=1S/C49H35N3/c1-32-27-30-45(49-46(32)41-23-10-13-26-44(41)50(49)35-18-6-3-7-19-35)52-43-25-12-9-22-38(43)40-29-28-39-37-21-8-11-24-42(37)51(47(39)48(40)52)36-20-14-17-34(31-36)33-15-4-2-5-16-33/h2-32,46H,1H3. The molecule has 0 bridgehead atoms. The van der Waals surface area contributed by atoms with Crippen molar-refractivity contribution in [1.29, 1.82) is 0 Å². The lowest BCUT2D eigenvalue weighted by molar-refractivity contribution is 0.618. The summed E-state index contributed by atoms with van der Waals surface area (Å²) in [6.45, 7) is 2.37. The number of aromatic nitrogens is 2. The molecular weight excluding hydrogens is 631 g/mol. The summed E-state index contributed by atoms with van der Waals surface area (Å²) >= 11 is 0. The second-order valence-electron chi connectivity index (χ2n) is 14.2. The summed E-state index contributed by atoms with van der Waals surface area (Å²) in [5.74, 6) is 0.564. The highest BCUT2D eigenvalue weighted by Gasteiger charge is 2.41. The van der Waals surface area contributed by atoms with E-state index in [0.717, 1.165) is 5.69 Å². The van der Waals surface area contributed by atoms with Crippen LogP contribution in [0.2, 0.25) is 0 Å². The summed E-state index contributed by atoms with van der Waals surface area (Å²) in [6.07, 6.45) is 4.82. The molecule has 0 radical (unpaired) electrons. The number of fused-ring (bicyclic) bond motifs is 10. The van der Waals surface area contributed by atoms with Crippen molar-refractivity contribution in [2.75, 3.05) is 4.90 Å². The number of nitrogens with zero attached hydrogens (tertiary/aromatic N) is 3. The largest absolute Gasteiger partial charge is 0.311 e. The van der Waals surface area contributed by atoms with Gasteiger partial charge in [0.1, 0.15) is 0 Å². The number of benzene rings is 7. The maximum absolute atomic E-state index is 2.58. The Morgan fingerprint density at radius 2 is 1.04 bits per heavy atom. The minimum atomic E-state index is 0.222. The van der Waals surface area contributed by atoms with Gasteiger partial charge < -0.3 is 14.0 Å². The molecule has 0 amide bonds. The van der Waals surface area contributed by atoms with E-state index in [1.807, 2.05) is 0 Å². The predicted molar refractivity (Wildman–Crippen MR) is 219 cm³/mol. The van der Waals surface area contributed by atoms with Crippen LogP contribution in [0.4, 0.5) is 11.4 Å². The lowest BCUT2D eigenvalue weighted by Crippen LogP contribution is -2.22. The Bertz CT molecular complexity index is 2920. The summed E-state index contributed by atoms with van der Waals surface area (Å²) in [7, 11) is 0. The van der Waals surface area contributed by atoms with Gasteiger partial charge in [-0.1, -0.05) is 140 Å². The second kappa shape index (κ2) is 11.2. The van der Waals surface area contributed by atoms with E-state index in [1.165, 1.54) is 83.1 Å². The molecule has 1 aliphatic carbocycles. The lowest BCUT2D eigenvalue weighted by atomic mass is 9.82. The Hall–Kier alpha value is -6.58. The first-order valence-corrected chi connectivity index (χ1v) is 18.2. The Morgan fingerprint density at radius 1 is 0.462 bits per heavy atom. The minimum absolute atomic E-state index is 0.222. The van der Waals surface area contributed by atoms with E-state index in [0.29, 0.717) is 5.92 Å². The molecule has 2 atom stereocenters. The van der Waals surface area contributed by atoms with Gasteiger partial charge in [-0.05, 0) is 71.1 Å². The fourth-order valence-electron chi connectivity index (χ4n) is 9.13. The van der Waals surface area contributed by atoms with Gasteiger partial charge in [0, 0.05) is 44.5 Å². The number of allylic oxidation sites excluding steroid dienone is 4. The molecule has 11 rings (SSSR count). The van der Waals surface area contributed by atoms with Crippen LogP contribution in [0.25, 0.3) is 66.1 Å². The van der Waals surface area contributed by atoms with Crippen LogP contribution < -0.4 is 4.90 Å². The van der Waals surface area contributed by atoms with Crippen molar-refractivity contribution in [3.8, 4) is 16.8 Å². The highest BCUT2D eigenvalue weighted by molar-refractivity contribution is 6.24. The molecular formula is C49H35N3. The second-order valence-corrected chi connectivity index (χ2v) is 14.2. The zero-order valence-electron chi connectivity index (χ0n) is 28.8. The van der Waals surface area contributed by atoms with E-state index in [-0.39, 0.29) is 5.92 Å². The van der Waals surface area contributed by atoms with E-state index in [2.05, 4.69) is 203 Å². The quantitative estimate of drug-likeness (QED) is 0.182. The van der Waals surface area contributed by atoms with Gasteiger partial charge in [-0.2, -0.15) is 0 Å². The minimum Gasteiger partial charge on any atom is -0.311 e. The molecule has 1 aliphatic heterocycles. The molecule has 0 fully saturated rings. The van der Waals surface area contributed by atoms with Crippen molar-refractivity contribution < 1.29 is 0 Å². The van der Waals surface area contributed by atoms with E-state index < -0.39 is 0 Å². The normalized spacial score (nSPS) is 16.8. The molecule has 0 N–H and O–H groups in total. The van der Waals surface area contributed by atoms with Crippen LogP contribution in [0.5, 0.6) is 0 Å². The maximum atomic E-state index is 2.58. The molecule has 7 aromatic carbocycles. The van der Waals surface area contributed by atoms with Crippen molar-refractivity contribution in [2.45, 2.75) is 12.8 Å². The van der Waals surface area contributed by atoms with E-state index in [1.54, 1.807) is 0 Å². The van der Waals surface area contributed by atoms with E-state index in [4.69, 9.17) is 0 Å². The van der Waals surface area contributed by atoms with E-state index in [9.17, 15) is 0 Å². The molecule has 3 nitrogen and oxygen atoms in total. The number of hydrogen-bond acceptors (Lipinski definition) is 1. The average molecular weight is 666 g/mol. The van der Waals surface area contributed by atoms with Crippen molar-refractivity contribution in [3.05, 3.63) is 193 Å². The van der Waals surface area contributed by atoms with Crippen LogP contribution in [0.3, 0.4) is 0 Å². The van der Waals surface area contributed by atoms with Crippen molar-refractivity contribution in [3.63, 3.8) is 0 Å². The molecule has 246 valence electrons. The van der Waals surface area contributed by atoms with Crippen molar-refractivity contribution in [2.24, 2.45) is 5.92 Å². The van der Waals surface area contributed by atoms with Crippen LogP contribution in [-0.2, 0) is 0 Å². The predicted octanol–water partition coefficient (Wildman–Crippen LogP) is 12.9. The molecule has 3 heteroatoms. The fourth-order valence-corrected chi connectivity index (χ4v) is 9.13. The first-order chi connectivity index (χ1) is 25.8. The number of para-hydroxylation sites is 4. The van der Waals surface area contributed by atoms with Crippen LogP contribution in [0, 0.1) is 5.92 Å². The topological polar surface area (TPSA) is 13.1 Å². The molecule has 0 spiro atoms. The monoisotopic (exact) mass is 665 g/mol. The van der Waals surface area contributed by atoms with Gasteiger partial charge in [0.25, 0.3) is 0 Å². The Morgan fingerprint density at radius 3 is 1.79 bits per heavy atom. The van der Waals surface area contributed by atoms with Crippen LogP contribution in [-0.4, -0.2) is 9.13 Å². The van der Waals surface area contributed by atoms with Gasteiger partial charge in [0.05, 0.1) is 33.5 Å². The molecule has 2 unspecified atom stereocenters. The first kappa shape index (κ1) is 29.2. The fraction of sp³-hybridized carbons (Fsp3) is 0.0612. The summed E-state index contributed by atoms with van der Waals surface area (Å²) in [5.41, 5.74) is 14.8. The van der Waals surface area contributed by atoms with Gasteiger partial charge >= 0.3 is 0 Å². The van der Waals surface area contributed by atoms with Crippen molar-refractivity contribution >= 4 is 60.7 Å². The highest BCUT2D eigenvalue weighted by atomic mass is 15.2. The molecule has 2 aliphatic rings. The van der Waals surface area contributed by atoms with Gasteiger partial charge in [0.2, 0.25) is 0 Å². The summed E-state index contributed by atoms with van der Waals surface area (Å²) in [4.78, 5) is 2.52. The number of rotatable bonds is 4. The third-order valence-electron chi connectivity index (χ3n) is 11.3. The number of anilines is 2. The summed E-state index contributed by atoms with van der Waals surface area (Å²) in [5, 5.41) is 5.02. The average Bonchev–Trinajstić information content (AvgIpc) is 3.86. The molecule has 52 heavy (non-hydrogen) atoms. The SMILES string of the molecule is CC1C=CC(n2c3ccccc3c3ccc4c5ccccc5n(-c5cccc(-c6ccccc6)c5)c4c32)=C2C1c1ccccc1N2c1ccccc1. The third-order valence-corrected chi connectivity index (χ3v) is 11.3. The zero-order chi connectivity index (χ0) is 34.3. The Kier molecular flexibility index (Phi) is 6.29. The molecule has 9 aromatic rings. The zero-order valence-corrected chi connectivity index (χ0v) is 28.8. The van der Waals surface area contributed by atoms with Gasteiger partial charge in [-0.15, -0.1) is 0 Å². The highest BCUT2D eigenvalue weighted by Crippen LogP contribution is 2.55. The summed E-state index contributed by atoms with van der Waals surface area (Å²) in [6, 6.07) is 62.1. The van der Waals surface area contributed by atoms with Crippen LogP contribution in [0.15, 0.2) is 188 Å². The molecule has 0 saturated carbocycles. The molecule has 3 heterocycles. The van der Waals surface area contributed by atoms with Gasteiger partial charge in [-0.3, -0.25) is 0 Å². The van der Waals surface area contributed by atoms with Crippen LogP contribution in [0.1, 0.15) is 18.4 Å². The Labute approximate surface area is 302 Å². The van der Waals surface area contributed by atoms with Crippen LogP contribution >= 0.6 is 0 Å². The first-order valence-electron chi connectivity index (χ1n) is 18.2. The summed E-state index contributed by atoms with van der Waals surface area (Å²) < 4.78 is 5.08. The van der Waals surface area contributed by atoms with Gasteiger partial charge in [-0.25, -0.2) is 0 Å². The Balaban J connectivity index is 1.30.